The Morgan fingerprint density at radius 2 is 0.942 bits per heavy atom. The van der Waals surface area contributed by atoms with E-state index in [2.05, 4.69) is 0 Å². The molecule has 3 nitrogen and oxygen atoms in total. The molecule has 0 saturated heterocycles. The molecule has 278 valence electrons. The number of halogens is 9. The van der Waals surface area contributed by atoms with E-state index in [9.17, 15) is 22.8 Å². The minimum atomic E-state index is -5.24. The van der Waals surface area contributed by atoms with Gasteiger partial charge in [0, 0.05) is 38.7 Å². The molecular formula is C40H38F9NO2. The summed E-state index contributed by atoms with van der Waals surface area (Å²) < 4.78 is 133. The lowest BCUT2D eigenvalue weighted by atomic mass is 9.79. The number of imide groups is 1. The van der Waals surface area contributed by atoms with Gasteiger partial charge >= 0.3 is 18.5 Å². The van der Waals surface area contributed by atoms with Gasteiger partial charge in [0.25, 0.3) is 11.8 Å². The number of fused-ring (bicyclic) bond motifs is 2. The lowest BCUT2D eigenvalue weighted by Crippen LogP contribution is -2.47. The monoisotopic (exact) mass is 735 g/mol. The molecule has 5 aromatic rings. The zero-order chi connectivity index (χ0) is 37.7. The zero-order valence-corrected chi connectivity index (χ0v) is 28.8. The molecule has 12 heteroatoms. The number of hydrogen-bond acceptors (Lipinski definition) is 2. The van der Waals surface area contributed by atoms with Gasteiger partial charge in [-0.2, -0.15) is 39.5 Å². The lowest BCUT2D eigenvalue weighted by Gasteiger charge is -2.36. The van der Waals surface area contributed by atoms with E-state index in [0.717, 1.165) is 80.5 Å². The third-order valence-corrected chi connectivity index (χ3v) is 10.4. The Bertz CT molecular complexity index is 2040. The van der Waals surface area contributed by atoms with Gasteiger partial charge in [0.1, 0.15) is 0 Å². The van der Waals surface area contributed by atoms with E-state index in [1.54, 1.807) is 0 Å². The lowest BCUT2D eigenvalue weighted by molar-refractivity contribution is -0.137. The van der Waals surface area contributed by atoms with Crippen molar-refractivity contribution in [3.05, 3.63) is 70.3 Å². The van der Waals surface area contributed by atoms with Crippen molar-refractivity contribution in [2.45, 2.75) is 115 Å². The fourth-order valence-corrected chi connectivity index (χ4v) is 8.10. The Labute approximate surface area is 294 Å². The highest BCUT2D eigenvalue weighted by Crippen LogP contribution is 2.53. The molecule has 5 aromatic carbocycles. The summed E-state index contributed by atoms with van der Waals surface area (Å²) in [6.07, 6.45) is -6.28. The first kappa shape index (κ1) is 37.7. The van der Waals surface area contributed by atoms with Crippen LogP contribution in [-0.2, 0) is 18.5 Å². The zero-order valence-electron chi connectivity index (χ0n) is 28.8. The standard InChI is InChI=1S/C40H38F9NO2/c1-3-5-7-9-11-14-22(15-12-10-8-6-4-2)50-36(51)26-20-29(39(44,45)46)33-24-17-13-16-23-28(38(41,42)43)19-18-25(31(23)24)34-30(40(47,48)49)21-27(37(50)52)32(26)35(33)34/h13,16-22H,3-12,14-15H2,1-2H3. The highest BCUT2D eigenvalue weighted by Gasteiger charge is 2.45. The van der Waals surface area contributed by atoms with Crippen molar-refractivity contribution in [2.24, 2.45) is 0 Å². The summed E-state index contributed by atoms with van der Waals surface area (Å²) in [5.41, 5.74) is -5.26. The van der Waals surface area contributed by atoms with Crippen molar-refractivity contribution in [1.29, 1.82) is 0 Å². The number of unbranched alkanes of at least 4 members (excludes halogenated alkanes) is 8. The summed E-state index contributed by atoms with van der Waals surface area (Å²) in [7, 11) is 0. The second-order valence-electron chi connectivity index (χ2n) is 13.9. The van der Waals surface area contributed by atoms with Crippen LogP contribution in [0.25, 0.3) is 43.1 Å². The van der Waals surface area contributed by atoms with E-state index in [4.69, 9.17) is 0 Å². The van der Waals surface area contributed by atoms with Crippen molar-refractivity contribution in [3.8, 4) is 0 Å². The summed E-state index contributed by atoms with van der Waals surface area (Å²) in [4.78, 5) is 29.7. The molecule has 2 amide bonds. The maximum Gasteiger partial charge on any atom is 0.417 e. The normalized spacial score (nSPS) is 14.4. The number of benzene rings is 5. The van der Waals surface area contributed by atoms with Crippen LogP contribution in [0.3, 0.4) is 0 Å². The number of carbonyl (C=O) groups excluding carboxylic acids is 2. The van der Waals surface area contributed by atoms with Crippen molar-refractivity contribution in [3.63, 3.8) is 0 Å². The first-order valence-electron chi connectivity index (χ1n) is 17.9. The maximum atomic E-state index is 15.1. The van der Waals surface area contributed by atoms with Crippen LogP contribution in [0.5, 0.6) is 0 Å². The number of carbonyl (C=O) groups is 2. The van der Waals surface area contributed by atoms with Crippen molar-refractivity contribution in [2.75, 3.05) is 0 Å². The predicted octanol–water partition coefficient (Wildman–Crippen LogP) is 13.5. The van der Waals surface area contributed by atoms with Crippen LogP contribution in [0.15, 0.2) is 42.5 Å². The molecule has 0 atom stereocenters. The molecule has 0 aromatic heterocycles. The van der Waals surface area contributed by atoms with Gasteiger partial charge in [-0.15, -0.1) is 0 Å². The molecule has 0 radical (unpaired) electrons. The largest absolute Gasteiger partial charge is 0.417 e. The fraction of sp³-hybridized carbons (Fsp3) is 0.450. The summed E-state index contributed by atoms with van der Waals surface area (Å²) in [6, 6.07) is 5.08. The molecule has 0 unspecified atom stereocenters. The number of hydrogen-bond donors (Lipinski definition) is 0. The molecule has 0 bridgehead atoms. The van der Waals surface area contributed by atoms with Crippen LogP contribution in [-0.4, -0.2) is 22.8 Å². The van der Waals surface area contributed by atoms with Crippen molar-refractivity contribution >= 4 is 54.9 Å². The molecular weight excluding hydrogens is 697 g/mol. The first-order valence-corrected chi connectivity index (χ1v) is 17.9. The molecule has 1 aliphatic rings. The maximum absolute atomic E-state index is 15.1. The molecule has 0 fully saturated rings. The average Bonchev–Trinajstić information content (AvgIpc) is 3.07. The minimum absolute atomic E-state index is 0.346. The minimum Gasteiger partial charge on any atom is -0.271 e. The molecule has 6 rings (SSSR count). The number of nitrogens with zero attached hydrogens (tertiary/aromatic N) is 1. The number of alkyl halides is 9. The summed E-state index contributed by atoms with van der Waals surface area (Å²) in [5, 5.41) is -4.28. The van der Waals surface area contributed by atoms with E-state index in [-0.39, 0.29) is 16.2 Å². The molecule has 52 heavy (non-hydrogen) atoms. The van der Waals surface area contributed by atoms with Crippen LogP contribution in [0.1, 0.15) is 128 Å². The molecule has 1 aliphatic heterocycles. The topological polar surface area (TPSA) is 37.4 Å². The first-order chi connectivity index (χ1) is 24.5. The second-order valence-corrected chi connectivity index (χ2v) is 13.9. The predicted molar refractivity (Wildman–Crippen MR) is 184 cm³/mol. The summed E-state index contributed by atoms with van der Waals surface area (Å²) >= 11 is 0. The Morgan fingerprint density at radius 1 is 0.500 bits per heavy atom. The van der Waals surface area contributed by atoms with Gasteiger partial charge in [-0.25, -0.2) is 0 Å². The van der Waals surface area contributed by atoms with E-state index in [1.807, 2.05) is 13.8 Å². The van der Waals surface area contributed by atoms with Gasteiger partial charge in [0.15, 0.2) is 0 Å². The number of rotatable bonds is 13. The Hall–Kier alpha value is -4.09. The van der Waals surface area contributed by atoms with Crippen LogP contribution in [0.2, 0.25) is 0 Å². The highest BCUT2D eigenvalue weighted by atomic mass is 19.4. The van der Waals surface area contributed by atoms with Gasteiger partial charge in [-0.3, -0.25) is 14.5 Å². The highest BCUT2D eigenvalue weighted by molar-refractivity contribution is 6.39. The van der Waals surface area contributed by atoms with Crippen LogP contribution in [0.4, 0.5) is 39.5 Å². The SMILES string of the molecule is CCCCCCCC(CCCCCCC)N1C(=O)c2cc(C(F)(F)F)c3c4cccc5c(C(F)(F)F)ccc(c6c(C(F)(F)F)cc(c2c36)C1=O)c54. The second kappa shape index (κ2) is 14.0. The molecule has 0 spiro atoms. The molecule has 1 heterocycles. The number of amides is 2. The van der Waals surface area contributed by atoms with E-state index >= 15 is 26.3 Å². The van der Waals surface area contributed by atoms with Crippen LogP contribution >= 0.6 is 0 Å². The van der Waals surface area contributed by atoms with Gasteiger partial charge in [0.2, 0.25) is 0 Å². The Morgan fingerprint density at radius 3 is 1.40 bits per heavy atom. The smallest absolute Gasteiger partial charge is 0.271 e. The van der Waals surface area contributed by atoms with Gasteiger partial charge < -0.3 is 0 Å². The van der Waals surface area contributed by atoms with Crippen LogP contribution in [0, 0.1) is 0 Å². The molecule has 0 saturated carbocycles. The van der Waals surface area contributed by atoms with Crippen LogP contribution < -0.4 is 0 Å². The van der Waals surface area contributed by atoms with E-state index in [0.29, 0.717) is 43.9 Å². The van der Waals surface area contributed by atoms with Gasteiger partial charge in [0.05, 0.1) is 16.7 Å². The van der Waals surface area contributed by atoms with Gasteiger partial charge in [-0.05, 0) is 52.6 Å². The Balaban J connectivity index is 1.67. The molecule has 0 N–H and O–H groups in total. The van der Waals surface area contributed by atoms with Gasteiger partial charge in [-0.1, -0.05) is 102 Å². The third kappa shape index (κ3) is 6.55. The summed E-state index contributed by atoms with van der Waals surface area (Å²) in [6.45, 7) is 4.09. The van der Waals surface area contributed by atoms with Crippen molar-refractivity contribution < 1.29 is 49.1 Å². The van der Waals surface area contributed by atoms with E-state index in [1.165, 1.54) is 0 Å². The molecule has 0 aliphatic carbocycles. The quantitative estimate of drug-likeness (QED) is 0.0397. The fourth-order valence-electron chi connectivity index (χ4n) is 8.10. The summed E-state index contributed by atoms with van der Waals surface area (Å²) in [5.74, 6) is -2.05. The Kier molecular flexibility index (Phi) is 10.2. The van der Waals surface area contributed by atoms with Crippen molar-refractivity contribution in [1.82, 2.24) is 4.90 Å². The average molecular weight is 736 g/mol. The third-order valence-electron chi connectivity index (χ3n) is 10.4. The van der Waals surface area contributed by atoms with E-state index < -0.39 is 91.1 Å².